The van der Waals surface area contributed by atoms with Crippen LogP contribution in [0.2, 0.25) is 0 Å². The smallest absolute Gasteiger partial charge is 0.423 e. The molecule has 3 rings (SSSR count). The SMILES string of the molecule is O=C(O)N(C(=O)O)C1=N[C@@]2(c3nc(Br)cs3)COC(CO)(CO)C[C@H]2CS1. The molecule has 27 heavy (non-hydrogen) atoms. The zero-order valence-electron chi connectivity index (χ0n) is 13.7. The van der Waals surface area contributed by atoms with Crippen LogP contribution < -0.4 is 0 Å². The summed E-state index contributed by atoms with van der Waals surface area (Å²) in [5, 5.41) is 39.9. The van der Waals surface area contributed by atoms with Crippen LogP contribution in [0.4, 0.5) is 9.59 Å². The largest absolute Gasteiger partial charge is 0.464 e. The van der Waals surface area contributed by atoms with Gasteiger partial charge in [-0.15, -0.1) is 11.3 Å². The number of aliphatic hydroxyl groups excluding tert-OH is 2. The minimum Gasteiger partial charge on any atom is -0.464 e. The first-order valence-corrected chi connectivity index (χ1v) is 10.4. The highest BCUT2D eigenvalue weighted by Gasteiger charge is 2.55. The van der Waals surface area contributed by atoms with Gasteiger partial charge in [0.2, 0.25) is 0 Å². The second kappa shape index (κ2) is 7.64. The molecule has 0 unspecified atom stereocenters. The Kier molecular flexibility index (Phi) is 5.80. The number of thioether (sulfide) groups is 1. The van der Waals surface area contributed by atoms with Crippen molar-refractivity contribution in [2.24, 2.45) is 10.9 Å². The van der Waals surface area contributed by atoms with E-state index in [9.17, 15) is 30.0 Å². The van der Waals surface area contributed by atoms with Crippen molar-refractivity contribution in [3.8, 4) is 0 Å². The molecule has 1 saturated heterocycles. The number of hydrogen-bond donors (Lipinski definition) is 4. The second-order valence-electron chi connectivity index (χ2n) is 6.19. The van der Waals surface area contributed by atoms with Gasteiger partial charge in [-0.2, -0.15) is 4.90 Å². The van der Waals surface area contributed by atoms with Gasteiger partial charge in [-0.3, -0.25) is 0 Å². The van der Waals surface area contributed by atoms with Crippen LogP contribution in [0.5, 0.6) is 0 Å². The van der Waals surface area contributed by atoms with Crippen molar-refractivity contribution in [3.05, 3.63) is 15.0 Å². The number of imide groups is 1. The minimum absolute atomic E-state index is 0.0735. The number of aliphatic hydroxyl groups is 2. The number of fused-ring (bicyclic) bond motifs is 1. The van der Waals surface area contributed by atoms with Gasteiger partial charge in [0.25, 0.3) is 0 Å². The molecule has 1 aromatic heterocycles. The normalized spacial score (nSPS) is 26.8. The topological polar surface area (TPSA) is 153 Å². The molecule has 0 aliphatic carbocycles. The Balaban J connectivity index is 2.08. The lowest BCUT2D eigenvalue weighted by Gasteiger charge is -2.49. The average molecular weight is 482 g/mol. The zero-order valence-corrected chi connectivity index (χ0v) is 17.0. The number of carbonyl (C=O) groups is 2. The summed E-state index contributed by atoms with van der Waals surface area (Å²) in [7, 11) is 0. The van der Waals surface area contributed by atoms with Crippen LogP contribution in [0.3, 0.4) is 0 Å². The molecule has 3 heterocycles. The zero-order chi connectivity index (χ0) is 19.8. The number of thiazole rings is 1. The van der Waals surface area contributed by atoms with Crippen LogP contribution in [-0.2, 0) is 10.3 Å². The van der Waals surface area contributed by atoms with Gasteiger partial charge in [-0.1, -0.05) is 11.8 Å². The number of hydrogen-bond acceptors (Lipinski definition) is 9. The van der Waals surface area contributed by atoms with Gasteiger partial charge in [-0.25, -0.2) is 19.6 Å². The third-order valence-corrected chi connectivity index (χ3v) is 7.42. The van der Waals surface area contributed by atoms with Crippen LogP contribution in [0, 0.1) is 5.92 Å². The quantitative estimate of drug-likeness (QED) is 0.503. The summed E-state index contributed by atoms with van der Waals surface area (Å²) < 4.78 is 6.34. The Hall–Kier alpha value is -1.25. The van der Waals surface area contributed by atoms with Crippen molar-refractivity contribution < 1.29 is 34.8 Å². The number of amides is 2. The Morgan fingerprint density at radius 1 is 1.33 bits per heavy atom. The fourth-order valence-corrected chi connectivity index (χ4v) is 5.84. The van der Waals surface area contributed by atoms with E-state index < -0.39 is 23.3 Å². The first-order chi connectivity index (χ1) is 12.8. The molecular weight excluding hydrogens is 466 g/mol. The fourth-order valence-electron chi connectivity index (χ4n) is 3.12. The van der Waals surface area contributed by atoms with Gasteiger partial charge >= 0.3 is 12.2 Å². The van der Waals surface area contributed by atoms with E-state index in [1.807, 2.05) is 0 Å². The van der Waals surface area contributed by atoms with Crippen LogP contribution >= 0.6 is 39.0 Å². The van der Waals surface area contributed by atoms with Gasteiger partial charge in [-0.05, 0) is 22.4 Å². The van der Waals surface area contributed by atoms with E-state index in [4.69, 9.17) is 4.74 Å². The monoisotopic (exact) mass is 481 g/mol. The number of nitrogens with zero attached hydrogens (tertiary/aromatic N) is 3. The van der Waals surface area contributed by atoms with Crippen molar-refractivity contribution in [3.63, 3.8) is 0 Å². The molecule has 0 spiro atoms. The molecule has 2 aliphatic rings. The molecule has 0 aromatic carbocycles. The number of halogens is 1. The molecule has 148 valence electrons. The molecule has 1 aromatic rings. The van der Waals surface area contributed by atoms with Crippen molar-refractivity contribution in [2.75, 3.05) is 25.6 Å². The predicted molar refractivity (Wildman–Crippen MR) is 100 cm³/mol. The number of aromatic nitrogens is 1. The molecule has 0 radical (unpaired) electrons. The number of aliphatic imine (C=N–C) groups is 1. The Morgan fingerprint density at radius 2 is 2.00 bits per heavy atom. The Labute approximate surface area is 170 Å². The maximum Gasteiger partial charge on any atom is 0.423 e. The highest BCUT2D eigenvalue weighted by molar-refractivity contribution is 9.10. The van der Waals surface area contributed by atoms with Crippen LogP contribution in [0.1, 0.15) is 11.4 Å². The van der Waals surface area contributed by atoms with Crippen molar-refractivity contribution in [1.82, 2.24) is 9.88 Å². The minimum atomic E-state index is -1.65. The van der Waals surface area contributed by atoms with E-state index in [2.05, 4.69) is 25.9 Å². The Bertz CT molecular complexity index is 771. The molecule has 4 N–H and O–H groups in total. The Morgan fingerprint density at radius 3 is 2.52 bits per heavy atom. The number of ether oxygens (including phenoxy) is 1. The summed E-state index contributed by atoms with van der Waals surface area (Å²) in [5.41, 5.74) is -2.23. The first kappa shape index (κ1) is 20.5. The van der Waals surface area contributed by atoms with Gasteiger partial charge in [0.05, 0.1) is 19.8 Å². The molecule has 1 fully saturated rings. The van der Waals surface area contributed by atoms with Gasteiger partial charge in [0, 0.05) is 17.1 Å². The first-order valence-electron chi connectivity index (χ1n) is 7.73. The average Bonchev–Trinajstić information content (AvgIpc) is 3.07. The number of rotatable bonds is 3. The summed E-state index contributed by atoms with van der Waals surface area (Å²) in [6, 6.07) is 0. The summed E-state index contributed by atoms with van der Waals surface area (Å²) in [6.07, 6.45) is -3.04. The highest BCUT2D eigenvalue weighted by atomic mass is 79.9. The molecular formula is C14H16BrN3O7S2. The third kappa shape index (κ3) is 3.59. The summed E-state index contributed by atoms with van der Waals surface area (Å²) in [4.78, 5) is 31.8. The van der Waals surface area contributed by atoms with Gasteiger partial charge < -0.3 is 25.2 Å². The van der Waals surface area contributed by atoms with Crippen LogP contribution in [0.15, 0.2) is 15.0 Å². The van der Waals surface area contributed by atoms with Crippen LogP contribution in [0.25, 0.3) is 0 Å². The summed E-state index contributed by atoms with van der Waals surface area (Å²) in [6.45, 7) is -0.833. The standard InChI is InChI=1S/C14H16BrN3O7S2/c15-8-3-26-9(16-8)14-6-25-13(4-19,5-20)1-7(14)2-27-10(17-14)18(11(21)22)12(23)24/h3,7,19-20H,1-2,4-6H2,(H,21,22)(H,23,24)/t7-,14-/m0/s1. The van der Waals surface area contributed by atoms with Gasteiger partial charge in [0.15, 0.2) is 5.17 Å². The van der Waals surface area contributed by atoms with Gasteiger partial charge in [0.1, 0.15) is 20.8 Å². The van der Waals surface area contributed by atoms with E-state index in [1.165, 1.54) is 11.3 Å². The predicted octanol–water partition coefficient (Wildman–Crippen LogP) is 1.62. The molecule has 2 amide bonds. The van der Waals surface area contributed by atoms with Crippen LogP contribution in [-0.4, -0.2) is 78.8 Å². The highest BCUT2D eigenvalue weighted by Crippen LogP contribution is 2.50. The fraction of sp³-hybridized carbons (Fsp3) is 0.571. The lowest BCUT2D eigenvalue weighted by Crippen LogP contribution is -2.58. The maximum atomic E-state index is 11.4. The lowest BCUT2D eigenvalue weighted by molar-refractivity contribution is -0.170. The van der Waals surface area contributed by atoms with E-state index in [0.717, 1.165) is 11.8 Å². The molecule has 0 saturated carbocycles. The molecule has 10 nitrogen and oxygen atoms in total. The number of amidine groups is 1. The maximum absolute atomic E-state index is 11.4. The van der Waals surface area contributed by atoms with Crippen molar-refractivity contribution in [1.29, 1.82) is 0 Å². The third-order valence-electron chi connectivity index (χ3n) is 4.60. The van der Waals surface area contributed by atoms with E-state index in [1.54, 1.807) is 5.38 Å². The summed E-state index contributed by atoms with van der Waals surface area (Å²) >= 11 is 5.56. The van der Waals surface area contributed by atoms with E-state index in [-0.39, 0.29) is 42.2 Å². The molecule has 0 bridgehead atoms. The molecule has 2 atom stereocenters. The van der Waals surface area contributed by atoms with Crippen molar-refractivity contribution in [2.45, 2.75) is 17.6 Å². The van der Waals surface area contributed by atoms with E-state index in [0.29, 0.717) is 15.4 Å². The lowest BCUT2D eigenvalue weighted by atomic mass is 9.76. The summed E-state index contributed by atoms with van der Waals surface area (Å²) in [5.74, 6) is 0.0832. The number of carboxylic acid groups (broad SMARTS) is 2. The van der Waals surface area contributed by atoms with Crippen molar-refractivity contribution >= 4 is 56.4 Å². The van der Waals surface area contributed by atoms with E-state index >= 15 is 0 Å². The second-order valence-corrected chi connectivity index (χ2v) is 8.85. The molecule has 2 aliphatic heterocycles. The molecule has 13 heteroatoms.